The van der Waals surface area contributed by atoms with Gasteiger partial charge in [0.05, 0.1) is 16.4 Å². The molecule has 0 saturated carbocycles. The number of aromatic nitrogens is 2. The highest BCUT2D eigenvalue weighted by Gasteiger charge is 2.22. The zero-order chi connectivity index (χ0) is 9.52. The van der Waals surface area contributed by atoms with E-state index in [2.05, 4.69) is 25.9 Å². The zero-order valence-corrected chi connectivity index (χ0v) is 9.03. The summed E-state index contributed by atoms with van der Waals surface area (Å²) >= 11 is 6.12. The van der Waals surface area contributed by atoms with Gasteiger partial charge in [-0.3, -0.25) is 4.68 Å². The Labute approximate surface area is 78.5 Å². The number of halogens is 1. The van der Waals surface area contributed by atoms with Gasteiger partial charge in [-0.2, -0.15) is 5.10 Å². The van der Waals surface area contributed by atoms with E-state index in [0.29, 0.717) is 0 Å². The van der Waals surface area contributed by atoms with Crippen molar-refractivity contribution in [2.75, 3.05) is 0 Å². The molecule has 12 heavy (non-hydrogen) atoms. The fraction of sp³-hybridized carbons (Fsp3) is 0.667. The van der Waals surface area contributed by atoms with E-state index in [9.17, 15) is 0 Å². The first-order valence-corrected chi connectivity index (χ1v) is 4.41. The molecule has 0 saturated heterocycles. The van der Waals surface area contributed by atoms with Gasteiger partial charge < -0.3 is 0 Å². The van der Waals surface area contributed by atoms with Crippen molar-refractivity contribution >= 4 is 11.6 Å². The molecule has 0 atom stereocenters. The lowest BCUT2D eigenvalue weighted by Gasteiger charge is -2.15. The molecule has 3 heteroatoms. The van der Waals surface area contributed by atoms with Crippen LogP contribution in [0.5, 0.6) is 0 Å². The van der Waals surface area contributed by atoms with Crippen LogP contribution in [0.4, 0.5) is 0 Å². The van der Waals surface area contributed by atoms with Crippen LogP contribution >= 0.6 is 11.6 Å². The van der Waals surface area contributed by atoms with Crippen LogP contribution in [0.1, 0.15) is 32.2 Å². The molecule has 0 N–H and O–H groups in total. The van der Waals surface area contributed by atoms with Gasteiger partial charge in [0, 0.05) is 12.5 Å². The standard InChI is InChI=1S/C9H15ClN2/c1-6-7(10)8(9(2,3)4)11-12(6)5/h1-5H3. The van der Waals surface area contributed by atoms with Crippen molar-refractivity contribution < 1.29 is 0 Å². The average molecular weight is 187 g/mol. The number of rotatable bonds is 0. The van der Waals surface area contributed by atoms with E-state index >= 15 is 0 Å². The molecule has 0 radical (unpaired) electrons. The number of hydrogen-bond acceptors (Lipinski definition) is 1. The molecule has 0 unspecified atom stereocenters. The van der Waals surface area contributed by atoms with Gasteiger partial charge in [0.1, 0.15) is 0 Å². The highest BCUT2D eigenvalue weighted by atomic mass is 35.5. The third-order valence-corrected chi connectivity index (χ3v) is 2.42. The summed E-state index contributed by atoms with van der Waals surface area (Å²) in [4.78, 5) is 0. The van der Waals surface area contributed by atoms with Gasteiger partial charge in [0.25, 0.3) is 0 Å². The van der Waals surface area contributed by atoms with Crippen molar-refractivity contribution in [1.82, 2.24) is 9.78 Å². The molecule has 2 nitrogen and oxygen atoms in total. The Hall–Kier alpha value is -0.500. The molecule has 0 amide bonds. The summed E-state index contributed by atoms with van der Waals surface area (Å²) in [6.45, 7) is 8.31. The van der Waals surface area contributed by atoms with E-state index in [1.54, 1.807) is 0 Å². The van der Waals surface area contributed by atoms with Gasteiger partial charge in [-0.15, -0.1) is 0 Å². The minimum absolute atomic E-state index is 0.0309. The Bertz CT molecular complexity index is 294. The summed E-state index contributed by atoms with van der Waals surface area (Å²) < 4.78 is 1.82. The molecular weight excluding hydrogens is 172 g/mol. The molecule has 0 aliphatic carbocycles. The third kappa shape index (κ3) is 1.48. The van der Waals surface area contributed by atoms with E-state index in [1.165, 1.54) is 0 Å². The van der Waals surface area contributed by atoms with Crippen molar-refractivity contribution in [3.63, 3.8) is 0 Å². The van der Waals surface area contributed by atoms with E-state index < -0.39 is 0 Å². The molecule has 1 rings (SSSR count). The Balaban J connectivity index is 3.28. The molecular formula is C9H15ClN2. The Morgan fingerprint density at radius 1 is 1.33 bits per heavy atom. The van der Waals surface area contributed by atoms with Gasteiger partial charge >= 0.3 is 0 Å². The Morgan fingerprint density at radius 2 is 1.83 bits per heavy atom. The summed E-state index contributed by atoms with van der Waals surface area (Å²) in [7, 11) is 1.91. The highest BCUT2D eigenvalue weighted by Crippen LogP contribution is 2.29. The van der Waals surface area contributed by atoms with Crippen LogP contribution in [0.25, 0.3) is 0 Å². The maximum absolute atomic E-state index is 6.12. The van der Waals surface area contributed by atoms with Gasteiger partial charge in [-0.25, -0.2) is 0 Å². The molecule has 1 aromatic heterocycles. The molecule has 68 valence electrons. The number of aryl methyl sites for hydroxylation is 1. The number of hydrogen-bond donors (Lipinski definition) is 0. The molecule has 0 fully saturated rings. The van der Waals surface area contributed by atoms with E-state index in [0.717, 1.165) is 16.4 Å². The van der Waals surface area contributed by atoms with Crippen LogP contribution in [-0.2, 0) is 12.5 Å². The summed E-state index contributed by atoms with van der Waals surface area (Å²) in [6, 6.07) is 0. The fourth-order valence-electron chi connectivity index (χ4n) is 1.06. The predicted molar refractivity (Wildman–Crippen MR) is 51.7 cm³/mol. The van der Waals surface area contributed by atoms with Crippen molar-refractivity contribution in [1.29, 1.82) is 0 Å². The summed E-state index contributed by atoms with van der Waals surface area (Å²) in [5.41, 5.74) is 2.04. The van der Waals surface area contributed by atoms with Gasteiger partial charge in [-0.1, -0.05) is 32.4 Å². The minimum atomic E-state index is 0.0309. The van der Waals surface area contributed by atoms with Gasteiger partial charge in [-0.05, 0) is 6.92 Å². The van der Waals surface area contributed by atoms with Crippen LogP contribution in [0.3, 0.4) is 0 Å². The van der Waals surface area contributed by atoms with E-state index in [1.807, 2.05) is 18.7 Å². The summed E-state index contributed by atoms with van der Waals surface area (Å²) in [5.74, 6) is 0. The second-order valence-corrected chi connectivity index (χ2v) is 4.50. The van der Waals surface area contributed by atoms with Crippen molar-refractivity contribution in [3.05, 3.63) is 16.4 Å². The largest absolute Gasteiger partial charge is 0.271 e. The average Bonchev–Trinajstić information content (AvgIpc) is 2.15. The summed E-state index contributed by atoms with van der Waals surface area (Å²) in [6.07, 6.45) is 0. The molecule has 0 bridgehead atoms. The second-order valence-electron chi connectivity index (χ2n) is 4.12. The van der Waals surface area contributed by atoms with Crippen LogP contribution in [-0.4, -0.2) is 9.78 Å². The first kappa shape index (κ1) is 9.59. The van der Waals surface area contributed by atoms with Crippen LogP contribution in [0, 0.1) is 6.92 Å². The molecule has 0 aliphatic heterocycles. The van der Waals surface area contributed by atoms with Crippen LogP contribution in [0.2, 0.25) is 5.02 Å². The maximum atomic E-state index is 6.12. The predicted octanol–water partition coefficient (Wildman–Crippen LogP) is 2.68. The van der Waals surface area contributed by atoms with Crippen LogP contribution < -0.4 is 0 Å². The lowest BCUT2D eigenvalue weighted by Crippen LogP contribution is -2.12. The lowest BCUT2D eigenvalue weighted by molar-refractivity contribution is 0.552. The normalized spacial score (nSPS) is 12.2. The van der Waals surface area contributed by atoms with Gasteiger partial charge in [0.15, 0.2) is 0 Å². The maximum Gasteiger partial charge on any atom is 0.0866 e. The fourth-order valence-corrected chi connectivity index (χ4v) is 1.51. The molecule has 1 heterocycles. The lowest BCUT2D eigenvalue weighted by atomic mass is 9.92. The smallest absolute Gasteiger partial charge is 0.0866 e. The Kier molecular flexibility index (Phi) is 2.21. The second kappa shape index (κ2) is 2.77. The van der Waals surface area contributed by atoms with Gasteiger partial charge in [0.2, 0.25) is 0 Å². The van der Waals surface area contributed by atoms with Crippen LogP contribution in [0.15, 0.2) is 0 Å². The first-order valence-electron chi connectivity index (χ1n) is 4.03. The molecule has 0 aromatic carbocycles. The zero-order valence-electron chi connectivity index (χ0n) is 8.27. The quantitative estimate of drug-likeness (QED) is 0.609. The van der Waals surface area contributed by atoms with Crippen molar-refractivity contribution in [2.45, 2.75) is 33.1 Å². The Morgan fingerprint density at radius 3 is 2.00 bits per heavy atom. The third-order valence-electron chi connectivity index (χ3n) is 1.97. The van der Waals surface area contributed by atoms with E-state index in [-0.39, 0.29) is 5.41 Å². The molecule has 0 spiro atoms. The number of nitrogens with zero attached hydrogens (tertiary/aromatic N) is 2. The van der Waals surface area contributed by atoms with Crippen molar-refractivity contribution in [3.8, 4) is 0 Å². The van der Waals surface area contributed by atoms with E-state index in [4.69, 9.17) is 11.6 Å². The minimum Gasteiger partial charge on any atom is -0.271 e. The SMILES string of the molecule is Cc1c(Cl)c(C(C)(C)C)nn1C. The topological polar surface area (TPSA) is 17.8 Å². The summed E-state index contributed by atoms with van der Waals surface area (Å²) in [5, 5.41) is 5.16. The highest BCUT2D eigenvalue weighted by molar-refractivity contribution is 6.32. The van der Waals surface area contributed by atoms with Crippen molar-refractivity contribution in [2.24, 2.45) is 7.05 Å². The molecule has 0 aliphatic rings. The monoisotopic (exact) mass is 186 g/mol. The molecule has 1 aromatic rings. The first-order chi connectivity index (χ1) is 5.34.